The van der Waals surface area contributed by atoms with E-state index in [0.717, 1.165) is 44.6 Å². The standard InChI is InChI=1S/C19H28N2O/c1-4-11-21(12-5-2)14-10-19(22)17-8-9-18-16(15-17)7-6-13-20(18)3/h4-5,8-9,15,19,22H,1-2,6-7,10-14H2,3H3. The van der Waals surface area contributed by atoms with Crippen LogP contribution < -0.4 is 4.90 Å². The lowest BCUT2D eigenvalue weighted by atomic mass is 9.96. The number of anilines is 1. The zero-order valence-electron chi connectivity index (χ0n) is 13.7. The molecule has 0 saturated heterocycles. The van der Waals surface area contributed by atoms with Crippen molar-refractivity contribution < 1.29 is 5.11 Å². The molecule has 1 N–H and O–H groups in total. The molecule has 1 atom stereocenters. The monoisotopic (exact) mass is 300 g/mol. The normalized spacial score (nSPS) is 15.5. The van der Waals surface area contributed by atoms with Gasteiger partial charge < -0.3 is 10.0 Å². The SMILES string of the molecule is C=CCN(CC=C)CCC(O)c1ccc2c(c1)CCCN2C. The van der Waals surface area contributed by atoms with Crippen LogP contribution in [0.2, 0.25) is 0 Å². The number of aliphatic hydroxyl groups excluding tert-OH is 1. The van der Waals surface area contributed by atoms with Crippen molar-refractivity contribution in [2.45, 2.75) is 25.4 Å². The summed E-state index contributed by atoms with van der Waals surface area (Å²) in [6, 6.07) is 6.40. The van der Waals surface area contributed by atoms with Crippen LogP contribution in [0.1, 0.15) is 30.1 Å². The number of fused-ring (bicyclic) bond motifs is 1. The fourth-order valence-electron chi connectivity index (χ4n) is 3.11. The highest BCUT2D eigenvalue weighted by molar-refractivity contribution is 5.56. The van der Waals surface area contributed by atoms with E-state index in [0.29, 0.717) is 0 Å². The quantitative estimate of drug-likeness (QED) is 0.747. The Labute approximate surface area is 134 Å². The van der Waals surface area contributed by atoms with Crippen molar-refractivity contribution >= 4 is 5.69 Å². The average Bonchev–Trinajstić information content (AvgIpc) is 2.52. The van der Waals surface area contributed by atoms with Gasteiger partial charge in [0.15, 0.2) is 0 Å². The van der Waals surface area contributed by atoms with Gasteiger partial charge in [-0.25, -0.2) is 0 Å². The first-order valence-electron chi connectivity index (χ1n) is 8.12. The maximum Gasteiger partial charge on any atom is 0.0802 e. The van der Waals surface area contributed by atoms with Crippen LogP contribution in [0.5, 0.6) is 0 Å². The van der Waals surface area contributed by atoms with Gasteiger partial charge >= 0.3 is 0 Å². The first-order chi connectivity index (χ1) is 10.7. The Kier molecular flexibility index (Phi) is 6.22. The number of rotatable bonds is 8. The summed E-state index contributed by atoms with van der Waals surface area (Å²) in [5, 5.41) is 10.5. The molecule has 3 heteroatoms. The summed E-state index contributed by atoms with van der Waals surface area (Å²) < 4.78 is 0. The van der Waals surface area contributed by atoms with Crippen LogP contribution in [-0.2, 0) is 6.42 Å². The molecule has 0 aromatic heterocycles. The Balaban J connectivity index is 1.98. The van der Waals surface area contributed by atoms with Gasteiger partial charge in [-0.05, 0) is 36.5 Å². The minimum Gasteiger partial charge on any atom is -0.388 e. The number of nitrogens with zero attached hydrogens (tertiary/aromatic N) is 2. The minimum atomic E-state index is -0.408. The van der Waals surface area contributed by atoms with Crippen LogP contribution in [0.15, 0.2) is 43.5 Å². The number of hydrogen-bond donors (Lipinski definition) is 1. The topological polar surface area (TPSA) is 26.7 Å². The molecular formula is C19H28N2O. The van der Waals surface area contributed by atoms with Crippen molar-refractivity contribution in [1.29, 1.82) is 0 Å². The van der Waals surface area contributed by atoms with Gasteiger partial charge in [0.2, 0.25) is 0 Å². The smallest absolute Gasteiger partial charge is 0.0802 e. The van der Waals surface area contributed by atoms with E-state index in [1.54, 1.807) is 0 Å². The van der Waals surface area contributed by atoms with Crippen molar-refractivity contribution in [3.05, 3.63) is 54.6 Å². The summed E-state index contributed by atoms with van der Waals surface area (Å²) in [6.45, 7) is 11.2. The largest absolute Gasteiger partial charge is 0.388 e. The Morgan fingerprint density at radius 3 is 2.73 bits per heavy atom. The first-order valence-corrected chi connectivity index (χ1v) is 8.12. The van der Waals surface area contributed by atoms with Gasteiger partial charge in [0, 0.05) is 38.9 Å². The first kappa shape index (κ1) is 16.8. The molecule has 0 spiro atoms. The van der Waals surface area contributed by atoms with Crippen LogP contribution in [0, 0.1) is 0 Å². The third-order valence-corrected chi connectivity index (χ3v) is 4.33. The zero-order valence-corrected chi connectivity index (χ0v) is 13.7. The highest BCUT2D eigenvalue weighted by Gasteiger charge is 2.16. The number of aliphatic hydroxyl groups is 1. The van der Waals surface area contributed by atoms with Crippen LogP contribution in [0.4, 0.5) is 5.69 Å². The molecule has 0 saturated carbocycles. The van der Waals surface area contributed by atoms with Crippen LogP contribution in [0.25, 0.3) is 0 Å². The molecule has 22 heavy (non-hydrogen) atoms. The number of aryl methyl sites for hydroxylation is 1. The molecular weight excluding hydrogens is 272 g/mol. The summed E-state index contributed by atoms with van der Waals surface area (Å²) >= 11 is 0. The molecule has 1 aromatic carbocycles. The molecule has 2 rings (SSSR count). The van der Waals surface area contributed by atoms with Crippen LogP contribution >= 0.6 is 0 Å². The molecule has 120 valence electrons. The molecule has 3 nitrogen and oxygen atoms in total. The molecule has 1 aromatic rings. The summed E-state index contributed by atoms with van der Waals surface area (Å²) in [5.74, 6) is 0. The predicted octanol–water partition coefficient (Wildman–Crippen LogP) is 3.17. The minimum absolute atomic E-state index is 0.408. The highest BCUT2D eigenvalue weighted by atomic mass is 16.3. The third-order valence-electron chi connectivity index (χ3n) is 4.33. The maximum absolute atomic E-state index is 10.5. The summed E-state index contributed by atoms with van der Waals surface area (Å²) in [4.78, 5) is 4.53. The molecule has 0 bridgehead atoms. The molecule has 0 radical (unpaired) electrons. The molecule has 1 aliphatic heterocycles. The van der Waals surface area contributed by atoms with Crippen molar-refractivity contribution in [3.8, 4) is 0 Å². The van der Waals surface area contributed by atoms with Gasteiger partial charge in [-0.1, -0.05) is 24.3 Å². The third kappa shape index (κ3) is 4.21. The number of benzene rings is 1. The average molecular weight is 300 g/mol. The fourth-order valence-corrected chi connectivity index (χ4v) is 3.11. The van der Waals surface area contributed by atoms with Gasteiger partial charge in [-0.2, -0.15) is 0 Å². The second kappa shape index (κ2) is 8.16. The second-order valence-corrected chi connectivity index (χ2v) is 6.05. The lowest BCUT2D eigenvalue weighted by molar-refractivity contribution is 0.148. The molecule has 1 heterocycles. The van der Waals surface area contributed by atoms with Gasteiger partial charge in [-0.3, -0.25) is 4.90 Å². The second-order valence-electron chi connectivity index (χ2n) is 6.05. The molecule has 0 amide bonds. The van der Waals surface area contributed by atoms with E-state index in [2.05, 4.69) is 48.2 Å². The molecule has 1 unspecified atom stereocenters. The van der Waals surface area contributed by atoms with Gasteiger partial charge in [0.05, 0.1) is 6.10 Å². The Hall–Kier alpha value is -1.58. The van der Waals surface area contributed by atoms with Crippen molar-refractivity contribution in [1.82, 2.24) is 4.90 Å². The van der Waals surface area contributed by atoms with Crippen molar-refractivity contribution in [2.75, 3.05) is 38.1 Å². The summed E-state index contributed by atoms with van der Waals surface area (Å²) in [5.41, 5.74) is 3.70. The number of hydrogen-bond acceptors (Lipinski definition) is 3. The van der Waals surface area contributed by atoms with Crippen LogP contribution in [0.3, 0.4) is 0 Å². The summed E-state index contributed by atoms with van der Waals surface area (Å²) in [6.07, 6.45) is 6.41. The Morgan fingerprint density at radius 2 is 2.05 bits per heavy atom. The zero-order chi connectivity index (χ0) is 15.9. The van der Waals surface area contributed by atoms with Crippen LogP contribution in [-0.4, -0.2) is 43.2 Å². The molecule has 0 aliphatic carbocycles. The van der Waals surface area contributed by atoms with Crippen molar-refractivity contribution in [2.24, 2.45) is 0 Å². The van der Waals surface area contributed by atoms with E-state index in [1.807, 2.05) is 12.2 Å². The Morgan fingerprint density at radius 1 is 1.32 bits per heavy atom. The molecule has 0 fully saturated rings. The maximum atomic E-state index is 10.5. The van der Waals surface area contributed by atoms with E-state index in [4.69, 9.17) is 0 Å². The highest BCUT2D eigenvalue weighted by Crippen LogP contribution is 2.29. The van der Waals surface area contributed by atoms with E-state index >= 15 is 0 Å². The van der Waals surface area contributed by atoms with Gasteiger partial charge in [0.1, 0.15) is 0 Å². The van der Waals surface area contributed by atoms with E-state index < -0.39 is 6.10 Å². The fraction of sp³-hybridized carbons (Fsp3) is 0.474. The van der Waals surface area contributed by atoms with Crippen molar-refractivity contribution in [3.63, 3.8) is 0 Å². The van der Waals surface area contributed by atoms with Gasteiger partial charge in [0.25, 0.3) is 0 Å². The van der Waals surface area contributed by atoms with Gasteiger partial charge in [-0.15, -0.1) is 13.2 Å². The lowest BCUT2D eigenvalue weighted by Crippen LogP contribution is -2.26. The van der Waals surface area contributed by atoms with E-state index in [1.165, 1.54) is 17.7 Å². The molecule has 1 aliphatic rings. The lowest BCUT2D eigenvalue weighted by Gasteiger charge is -2.28. The van der Waals surface area contributed by atoms with E-state index in [9.17, 15) is 5.11 Å². The predicted molar refractivity (Wildman–Crippen MR) is 94.4 cm³/mol. The van der Waals surface area contributed by atoms with E-state index in [-0.39, 0.29) is 0 Å². The summed E-state index contributed by atoms with van der Waals surface area (Å²) in [7, 11) is 2.14. The Bertz CT molecular complexity index is 502.